The van der Waals surface area contributed by atoms with E-state index in [1.54, 1.807) is 42.6 Å². The minimum absolute atomic E-state index is 0. The highest BCUT2D eigenvalue weighted by atomic mass is 35.5. The molecule has 5 nitrogen and oxygen atoms in total. The van der Waals surface area contributed by atoms with Crippen molar-refractivity contribution in [3.63, 3.8) is 0 Å². The zero-order valence-electron chi connectivity index (χ0n) is 12.2. The number of pyridine rings is 1. The Morgan fingerprint density at radius 2 is 2.04 bits per heavy atom. The number of nitrogens with zero attached hydrogens (tertiary/aromatic N) is 2. The van der Waals surface area contributed by atoms with E-state index in [0.717, 1.165) is 15.6 Å². The van der Waals surface area contributed by atoms with Crippen LogP contribution in [-0.2, 0) is 0 Å². The molecule has 4 rings (SSSR count). The molecule has 2 aromatic carbocycles. The number of nitrogens with one attached hydrogen (secondary N) is 1. The van der Waals surface area contributed by atoms with Crippen molar-refractivity contribution in [3.05, 3.63) is 59.2 Å². The number of hydrogen-bond acceptors (Lipinski definition) is 5. The number of aromatic nitrogens is 2. The molecule has 0 bridgehead atoms. The monoisotopic (exact) mass is 371 g/mol. The van der Waals surface area contributed by atoms with Gasteiger partial charge in [-0.2, -0.15) is 0 Å². The van der Waals surface area contributed by atoms with Gasteiger partial charge >= 0.3 is 0 Å². The van der Waals surface area contributed by atoms with E-state index in [-0.39, 0.29) is 18.7 Å². The lowest BCUT2D eigenvalue weighted by atomic mass is 10.1. The van der Waals surface area contributed by atoms with Crippen molar-refractivity contribution in [1.82, 2.24) is 9.97 Å². The van der Waals surface area contributed by atoms with Gasteiger partial charge < -0.3 is 5.11 Å². The largest absolute Gasteiger partial charge is 0.505 e. The summed E-state index contributed by atoms with van der Waals surface area (Å²) in [5, 5.41) is 14.8. The highest BCUT2D eigenvalue weighted by molar-refractivity contribution is 7.22. The van der Waals surface area contributed by atoms with Gasteiger partial charge in [0.15, 0.2) is 10.9 Å². The number of carbonyl (C=O) groups is 1. The lowest BCUT2D eigenvalue weighted by Crippen LogP contribution is -2.12. The maximum Gasteiger partial charge on any atom is 0.261 e. The number of hydrogen-bond donors (Lipinski definition) is 2. The molecule has 25 heavy (non-hydrogen) atoms. The topological polar surface area (TPSA) is 75.1 Å². The zero-order valence-corrected chi connectivity index (χ0v) is 13.7. The molecule has 4 aromatic rings. The van der Waals surface area contributed by atoms with E-state index in [9.17, 15) is 9.90 Å². The molecule has 2 N–H and O–H groups in total. The van der Waals surface area contributed by atoms with E-state index in [4.69, 9.17) is 11.6 Å². The van der Waals surface area contributed by atoms with E-state index in [1.165, 1.54) is 11.3 Å². The fourth-order valence-electron chi connectivity index (χ4n) is 2.43. The highest BCUT2D eigenvalue weighted by Crippen LogP contribution is 2.30. The average Bonchev–Trinajstić information content (AvgIpc) is 2.96. The number of halogens is 1. The van der Waals surface area contributed by atoms with Crippen LogP contribution in [-0.4, -0.2) is 21.0 Å². The van der Waals surface area contributed by atoms with E-state index < -0.39 is 5.91 Å². The molecule has 0 aliphatic rings. The second kappa shape index (κ2) is 6.66. The van der Waals surface area contributed by atoms with Crippen molar-refractivity contribution >= 4 is 55.1 Å². The summed E-state index contributed by atoms with van der Waals surface area (Å²) in [5.74, 6) is -0.583. The predicted octanol–water partition coefficient (Wildman–Crippen LogP) is 5.09. The summed E-state index contributed by atoms with van der Waals surface area (Å²) in [6.07, 6.45) is 1.57. The summed E-state index contributed by atoms with van der Waals surface area (Å²) in [5.41, 5.74) is 1.30. The quantitative estimate of drug-likeness (QED) is 0.514. The summed E-state index contributed by atoms with van der Waals surface area (Å²) in [4.78, 5) is 20.9. The summed E-state index contributed by atoms with van der Waals surface area (Å²) >= 11 is 7.28. The number of fused-ring (bicyclic) bond motifs is 2. The molecule has 0 atom stereocenters. The molecule has 2 heterocycles. The number of aromatic hydroxyl groups is 1. The fourth-order valence-corrected chi connectivity index (χ4v) is 3.57. The third kappa shape index (κ3) is 3.14. The Hall–Kier alpha value is -2.70. The first-order valence-corrected chi connectivity index (χ1v) is 8.25. The Kier molecular flexibility index (Phi) is 4.57. The Morgan fingerprint density at radius 1 is 1.20 bits per heavy atom. The van der Waals surface area contributed by atoms with Crippen LogP contribution < -0.4 is 5.32 Å². The van der Waals surface area contributed by atoms with Gasteiger partial charge in [-0.1, -0.05) is 42.5 Å². The molecule has 1 amide bonds. The SMILES string of the molecule is C.O=C(Nc1nc2ccc(Cl)cc2s1)c1ccc2cccnc2c1O. The predicted molar refractivity (Wildman–Crippen MR) is 103 cm³/mol. The minimum atomic E-state index is -0.440. The molecule has 0 saturated carbocycles. The second-order valence-electron chi connectivity index (χ2n) is 5.12. The van der Waals surface area contributed by atoms with Gasteiger partial charge in [0.1, 0.15) is 5.52 Å². The van der Waals surface area contributed by atoms with E-state index in [1.807, 2.05) is 6.07 Å². The van der Waals surface area contributed by atoms with Crippen LogP contribution in [0.3, 0.4) is 0 Å². The molecule has 0 fully saturated rings. The Balaban J connectivity index is 0.00000182. The fraction of sp³-hybridized carbons (Fsp3) is 0.0556. The van der Waals surface area contributed by atoms with E-state index in [0.29, 0.717) is 15.7 Å². The van der Waals surface area contributed by atoms with Gasteiger partial charge in [-0.25, -0.2) is 4.98 Å². The normalized spacial score (nSPS) is 10.6. The van der Waals surface area contributed by atoms with Gasteiger partial charge in [-0.3, -0.25) is 15.1 Å². The maximum absolute atomic E-state index is 12.5. The first kappa shape index (κ1) is 17.1. The molecule has 2 aromatic heterocycles. The van der Waals surface area contributed by atoms with Crippen LogP contribution >= 0.6 is 22.9 Å². The Morgan fingerprint density at radius 3 is 2.88 bits per heavy atom. The van der Waals surface area contributed by atoms with Crippen LogP contribution in [0.1, 0.15) is 17.8 Å². The molecule has 7 heteroatoms. The summed E-state index contributed by atoms with van der Waals surface area (Å²) in [6, 6.07) is 12.2. The van der Waals surface area contributed by atoms with Crippen molar-refractivity contribution in [2.24, 2.45) is 0 Å². The standard InChI is InChI=1S/C17H10ClN3O2S.CH4/c18-10-4-6-12-13(8-10)24-17(20-12)21-16(23)11-5-3-9-2-1-7-19-14(9)15(11)22;/h1-8,22H,(H,20,21,23);1H4. The number of carbonyl (C=O) groups excluding carboxylic acids is 1. The molecule has 0 aliphatic heterocycles. The number of rotatable bonds is 2. The Bertz CT molecular complexity index is 1090. The summed E-state index contributed by atoms with van der Waals surface area (Å²) in [6.45, 7) is 0. The van der Waals surface area contributed by atoms with Gasteiger partial charge in [0, 0.05) is 16.6 Å². The van der Waals surface area contributed by atoms with Crippen molar-refractivity contribution in [2.45, 2.75) is 7.43 Å². The first-order valence-electron chi connectivity index (χ1n) is 7.06. The lowest BCUT2D eigenvalue weighted by Gasteiger charge is -2.06. The molecule has 126 valence electrons. The molecular formula is C18H14ClN3O2S. The number of phenolic OH excluding ortho intramolecular Hbond substituents is 1. The van der Waals surface area contributed by atoms with Gasteiger partial charge in [0.2, 0.25) is 0 Å². The average molecular weight is 372 g/mol. The van der Waals surface area contributed by atoms with Crippen LogP contribution in [0.15, 0.2) is 48.7 Å². The number of amides is 1. The zero-order chi connectivity index (χ0) is 16.7. The number of phenols is 1. The van der Waals surface area contributed by atoms with Crippen molar-refractivity contribution in [3.8, 4) is 5.75 Å². The van der Waals surface area contributed by atoms with Crippen LogP contribution in [0.25, 0.3) is 21.1 Å². The molecule has 0 unspecified atom stereocenters. The first-order chi connectivity index (χ1) is 11.6. The lowest BCUT2D eigenvalue weighted by molar-refractivity contribution is 0.102. The number of benzene rings is 2. The van der Waals surface area contributed by atoms with Crippen LogP contribution in [0, 0.1) is 0 Å². The highest BCUT2D eigenvalue weighted by Gasteiger charge is 2.16. The van der Waals surface area contributed by atoms with Gasteiger partial charge in [0.05, 0.1) is 15.8 Å². The smallest absolute Gasteiger partial charge is 0.261 e. The van der Waals surface area contributed by atoms with Crippen molar-refractivity contribution in [1.29, 1.82) is 0 Å². The van der Waals surface area contributed by atoms with Gasteiger partial charge in [0.25, 0.3) is 5.91 Å². The Labute approximate surface area is 152 Å². The minimum Gasteiger partial charge on any atom is -0.505 e. The number of thiazole rings is 1. The van der Waals surface area contributed by atoms with Crippen LogP contribution in [0.4, 0.5) is 5.13 Å². The van der Waals surface area contributed by atoms with Crippen LogP contribution in [0.5, 0.6) is 5.75 Å². The van der Waals surface area contributed by atoms with Gasteiger partial charge in [-0.05, 0) is 30.3 Å². The molecule has 0 saturated heterocycles. The van der Waals surface area contributed by atoms with Crippen LogP contribution in [0.2, 0.25) is 5.02 Å². The maximum atomic E-state index is 12.5. The third-order valence-electron chi connectivity index (χ3n) is 3.56. The summed E-state index contributed by atoms with van der Waals surface area (Å²) in [7, 11) is 0. The van der Waals surface area contributed by atoms with Gasteiger partial charge in [-0.15, -0.1) is 0 Å². The van der Waals surface area contributed by atoms with E-state index >= 15 is 0 Å². The number of anilines is 1. The second-order valence-corrected chi connectivity index (χ2v) is 6.59. The van der Waals surface area contributed by atoms with E-state index in [2.05, 4.69) is 15.3 Å². The summed E-state index contributed by atoms with van der Waals surface area (Å²) < 4.78 is 0.877. The molecule has 0 aliphatic carbocycles. The molecule has 0 spiro atoms. The molecular weight excluding hydrogens is 358 g/mol. The third-order valence-corrected chi connectivity index (χ3v) is 4.73. The molecule has 0 radical (unpaired) electrons. The van der Waals surface area contributed by atoms with Crippen molar-refractivity contribution < 1.29 is 9.90 Å². The van der Waals surface area contributed by atoms with Crippen molar-refractivity contribution in [2.75, 3.05) is 5.32 Å².